The van der Waals surface area contributed by atoms with E-state index in [2.05, 4.69) is 0 Å². The van der Waals surface area contributed by atoms with E-state index in [1.807, 2.05) is 38.1 Å². The van der Waals surface area contributed by atoms with Crippen molar-refractivity contribution in [1.82, 2.24) is 0 Å². The summed E-state index contributed by atoms with van der Waals surface area (Å²) in [6.45, 7) is 4.36. The molecule has 1 atom stereocenters. The standard InChI is InChI=1S/C15H19NO3/c1-10(2)13(15(18)19-3)14(17)16-9-8-11-6-4-5-7-12(11)16/h4-7,10,13H,8-9H2,1-3H3. The molecular formula is C15H19NO3. The number of hydrogen-bond donors (Lipinski definition) is 0. The van der Waals surface area contributed by atoms with E-state index in [1.54, 1.807) is 4.90 Å². The lowest BCUT2D eigenvalue weighted by Crippen LogP contribution is -2.41. The summed E-state index contributed by atoms with van der Waals surface area (Å²) in [4.78, 5) is 26.1. The van der Waals surface area contributed by atoms with Crippen molar-refractivity contribution in [3.63, 3.8) is 0 Å². The summed E-state index contributed by atoms with van der Waals surface area (Å²) in [6, 6.07) is 7.82. The van der Waals surface area contributed by atoms with Gasteiger partial charge in [-0.3, -0.25) is 9.59 Å². The molecule has 0 aliphatic carbocycles. The molecule has 1 aliphatic heterocycles. The van der Waals surface area contributed by atoms with E-state index < -0.39 is 11.9 Å². The number of para-hydroxylation sites is 1. The number of fused-ring (bicyclic) bond motifs is 1. The zero-order chi connectivity index (χ0) is 14.0. The van der Waals surface area contributed by atoms with E-state index in [4.69, 9.17) is 4.74 Å². The summed E-state index contributed by atoms with van der Waals surface area (Å²) < 4.78 is 4.76. The third-order valence-electron chi connectivity index (χ3n) is 3.54. The molecule has 0 N–H and O–H groups in total. The molecule has 1 aliphatic rings. The molecule has 102 valence electrons. The number of rotatable bonds is 3. The van der Waals surface area contributed by atoms with E-state index in [9.17, 15) is 9.59 Å². The van der Waals surface area contributed by atoms with Crippen molar-refractivity contribution >= 4 is 17.6 Å². The molecule has 0 bridgehead atoms. The lowest BCUT2D eigenvalue weighted by Gasteiger charge is -2.24. The Morgan fingerprint density at radius 2 is 1.95 bits per heavy atom. The zero-order valence-electron chi connectivity index (χ0n) is 11.6. The zero-order valence-corrected chi connectivity index (χ0v) is 11.6. The quantitative estimate of drug-likeness (QED) is 0.617. The molecule has 2 rings (SSSR count). The summed E-state index contributed by atoms with van der Waals surface area (Å²) in [5.41, 5.74) is 2.07. The van der Waals surface area contributed by atoms with E-state index in [0.29, 0.717) is 6.54 Å². The van der Waals surface area contributed by atoms with Gasteiger partial charge in [0.15, 0.2) is 0 Å². The van der Waals surface area contributed by atoms with Crippen LogP contribution in [0.25, 0.3) is 0 Å². The van der Waals surface area contributed by atoms with Gasteiger partial charge < -0.3 is 9.64 Å². The molecule has 0 aromatic heterocycles. The van der Waals surface area contributed by atoms with Crippen molar-refractivity contribution in [1.29, 1.82) is 0 Å². The molecule has 1 unspecified atom stereocenters. The van der Waals surface area contributed by atoms with E-state index >= 15 is 0 Å². The van der Waals surface area contributed by atoms with Crippen LogP contribution in [0.3, 0.4) is 0 Å². The number of esters is 1. The Bertz CT molecular complexity index is 496. The van der Waals surface area contributed by atoms with Gasteiger partial charge in [0.1, 0.15) is 5.92 Å². The van der Waals surface area contributed by atoms with Gasteiger partial charge in [0.25, 0.3) is 0 Å². The summed E-state index contributed by atoms with van der Waals surface area (Å²) in [5, 5.41) is 0. The second kappa shape index (κ2) is 5.43. The molecule has 0 spiro atoms. The minimum absolute atomic E-state index is 0.0762. The minimum Gasteiger partial charge on any atom is -0.468 e. The highest BCUT2D eigenvalue weighted by atomic mass is 16.5. The maximum atomic E-state index is 12.6. The average molecular weight is 261 g/mol. The van der Waals surface area contributed by atoms with Crippen LogP contribution in [-0.4, -0.2) is 25.5 Å². The van der Waals surface area contributed by atoms with Crippen LogP contribution in [0.1, 0.15) is 19.4 Å². The van der Waals surface area contributed by atoms with Crippen LogP contribution in [0.5, 0.6) is 0 Å². The second-order valence-electron chi connectivity index (χ2n) is 5.11. The van der Waals surface area contributed by atoms with E-state index in [1.165, 1.54) is 7.11 Å². The van der Waals surface area contributed by atoms with Crippen LogP contribution in [0.15, 0.2) is 24.3 Å². The molecule has 19 heavy (non-hydrogen) atoms. The molecule has 4 heteroatoms. The SMILES string of the molecule is COC(=O)C(C(=O)N1CCc2ccccc21)C(C)C. The molecule has 1 heterocycles. The van der Waals surface area contributed by atoms with Gasteiger partial charge in [-0.15, -0.1) is 0 Å². The number of carbonyl (C=O) groups is 2. The van der Waals surface area contributed by atoms with Gasteiger partial charge in [0.2, 0.25) is 5.91 Å². The Morgan fingerprint density at radius 3 is 2.58 bits per heavy atom. The Hall–Kier alpha value is -1.84. The van der Waals surface area contributed by atoms with Crippen LogP contribution >= 0.6 is 0 Å². The molecule has 1 amide bonds. The van der Waals surface area contributed by atoms with Crippen molar-refractivity contribution < 1.29 is 14.3 Å². The fourth-order valence-corrected chi connectivity index (χ4v) is 2.52. The molecule has 1 aromatic rings. The third-order valence-corrected chi connectivity index (χ3v) is 3.54. The molecule has 1 aromatic carbocycles. The van der Waals surface area contributed by atoms with Crippen molar-refractivity contribution in [2.45, 2.75) is 20.3 Å². The van der Waals surface area contributed by atoms with Gasteiger partial charge in [-0.2, -0.15) is 0 Å². The molecule has 0 saturated heterocycles. The number of nitrogens with zero attached hydrogens (tertiary/aromatic N) is 1. The first-order chi connectivity index (χ1) is 9.06. The number of anilines is 1. The predicted octanol–water partition coefficient (Wildman–Crippen LogP) is 2.02. The lowest BCUT2D eigenvalue weighted by molar-refractivity contribution is -0.151. The van der Waals surface area contributed by atoms with Gasteiger partial charge >= 0.3 is 5.97 Å². The highest BCUT2D eigenvalue weighted by Crippen LogP contribution is 2.30. The van der Waals surface area contributed by atoms with Crippen LogP contribution in [-0.2, 0) is 20.7 Å². The van der Waals surface area contributed by atoms with E-state index in [-0.39, 0.29) is 11.8 Å². The number of hydrogen-bond acceptors (Lipinski definition) is 3. The maximum Gasteiger partial charge on any atom is 0.318 e. The summed E-state index contributed by atoms with van der Waals surface area (Å²) in [6.07, 6.45) is 0.841. The smallest absolute Gasteiger partial charge is 0.318 e. The average Bonchev–Trinajstić information content (AvgIpc) is 2.81. The fourth-order valence-electron chi connectivity index (χ4n) is 2.52. The molecule has 0 radical (unpaired) electrons. The van der Waals surface area contributed by atoms with Crippen LogP contribution in [0, 0.1) is 11.8 Å². The molecule has 0 saturated carbocycles. The third kappa shape index (κ3) is 2.48. The number of ether oxygens (including phenoxy) is 1. The molecule has 4 nitrogen and oxygen atoms in total. The summed E-state index contributed by atoms with van der Waals surface area (Å²) >= 11 is 0. The Morgan fingerprint density at radius 1 is 1.26 bits per heavy atom. The largest absolute Gasteiger partial charge is 0.468 e. The normalized spacial score (nSPS) is 15.3. The van der Waals surface area contributed by atoms with Crippen LogP contribution < -0.4 is 4.90 Å². The van der Waals surface area contributed by atoms with Crippen LogP contribution in [0.4, 0.5) is 5.69 Å². The summed E-state index contributed by atoms with van der Waals surface area (Å²) in [7, 11) is 1.32. The maximum absolute atomic E-state index is 12.6. The van der Waals surface area contributed by atoms with Crippen molar-refractivity contribution in [2.75, 3.05) is 18.6 Å². The van der Waals surface area contributed by atoms with E-state index in [0.717, 1.165) is 17.7 Å². The number of carbonyl (C=O) groups excluding carboxylic acids is 2. The topological polar surface area (TPSA) is 46.6 Å². The molecular weight excluding hydrogens is 242 g/mol. The minimum atomic E-state index is -0.726. The number of methoxy groups -OCH3 is 1. The lowest BCUT2D eigenvalue weighted by atomic mass is 9.94. The molecule has 0 fully saturated rings. The number of benzene rings is 1. The van der Waals surface area contributed by atoms with Crippen molar-refractivity contribution in [3.05, 3.63) is 29.8 Å². The second-order valence-corrected chi connectivity index (χ2v) is 5.11. The first-order valence-electron chi connectivity index (χ1n) is 6.53. The van der Waals surface area contributed by atoms with Gasteiger partial charge in [0.05, 0.1) is 7.11 Å². The predicted molar refractivity (Wildman–Crippen MR) is 72.8 cm³/mol. The Kier molecular flexibility index (Phi) is 3.88. The van der Waals surface area contributed by atoms with Gasteiger partial charge in [-0.05, 0) is 24.0 Å². The van der Waals surface area contributed by atoms with Gasteiger partial charge in [-0.25, -0.2) is 0 Å². The highest BCUT2D eigenvalue weighted by molar-refractivity contribution is 6.07. The highest BCUT2D eigenvalue weighted by Gasteiger charge is 2.36. The Labute approximate surface area is 113 Å². The van der Waals surface area contributed by atoms with Gasteiger partial charge in [0, 0.05) is 12.2 Å². The number of amides is 1. The first-order valence-corrected chi connectivity index (χ1v) is 6.53. The van der Waals surface area contributed by atoms with Gasteiger partial charge in [-0.1, -0.05) is 32.0 Å². The van der Waals surface area contributed by atoms with Crippen molar-refractivity contribution in [3.8, 4) is 0 Å². The first kappa shape index (κ1) is 13.6. The fraction of sp³-hybridized carbons (Fsp3) is 0.467. The van der Waals surface area contributed by atoms with Crippen molar-refractivity contribution in [2.24, 2.45) is 11.8 Å². The van der Waals surface area contributed by atoms with Crippen LogP contribution in [0.2, 0.25) is 0 Å². The monoisotopic (exact) mass is 261 g/mol. The Balaban J connectivity index is 2.27. The summed E-state index contributed by atoms with van der Waals surface area (Å²) in [5.74, 6) is -1.42.